The van der Waals surface area contributed by atoms with Gasteiger partial charge in [-0.05, 0) is 31.4 Å². The first-order valence-corrected chi connectivity index (χ1v) is 6.29. The Bertz CT molecular complexity index is 584. The number of nitrogens with one attached hydrogen (secondary N) is 1. The van der Waals surface area contributed by atoms with Crippen molar-refractivity contribution in [3.63, 3.8) is 0 Å². The largest absolute Gasteiger partial charge is 0.467 e. The molecule has 1 fully saturated rings. The Labute approximate surface area is 106 Å². The third-order valence-corrected chi connectivity index (χ3v) is 3.69. The fourth-order valence-electron chi connectivity index (χ4n) is 2.78. The minimum atomic E-state index is 0.442. The Morgan fingerprint density at radius 2 is 2.28 bits per heavy atom. The van der Waals surface area contributed by atoms with E-state index in [1.807, 2.05) is 14.0 Å². The zero-order chi connectivity index (χ0) is 12.7. The number of hydrogen-bond acceptors (Lipinski definition) is 4. The molecule has 2 aromatic heterocycles. The smallest absolute Gasteiger partial charge is 0.318 e. The summed E-state index contributed by atoms with van der Waals surface area (Å²) in [6, 6.07) is 0.442. The van der Waals surface area contributed by atoms with Crippen molar-refractivity contribution in [2.24, 2.45) is 7.05 Å². The molecule has 1 unspecified atom stereocenters. The fraction of sp³-hybridized carbons (Fsp3) is 0.538. The molecule has 0 saturated carbocycles. The van der Waals surface area contributed by atoms with Gasteiger partial charge in [-0.25, -0.2) is 0 Å². The Balaban J connectivity index is 2.21. The normalized spacial score (nSPS) is 19.6. The highest BCUT2D eigenvalue weighted by Gasteiger charge is 2.23. The number of methoxy groups -OCH3 is 1. The highest BCUT2D eigenvalue weighted by molar-refractivity contribution is 5.83. The lowest BCUT2D eigenvalue weighted by Crippen LogP contribution is -2.08. The van der Waals surface area contributed by atoms with Gasteiger partial charge in [0.1, 0.15) is 5.65 Å². The van der Waals surface area contributed by atoms with E-state index in [2.05, 4.69) is 26.0 Å². The van der Waals surface area contributed by atoms with Crippen LogP contribution in [-0.4, -0.2) is 34.7 Å². The van der Waals surface area contributed by atoms with Gasteiger partial charge < -0.3 is 14.6 Å². The molecule has 0 spiro atoms. The second kappa shape index (κ2) is 4.24. The molecule has 1 atom stereocenters. The van der Waals surface area contributed by atoms with Crippen molar-refractivity contribution in [3.8, 4) is 6.01 Å². The highest BCUT2D eigenvalue weighted by Crippen LogP contribution is 2.32. The van der Waals surface area contributed by atoms with Crippen LogP contribution in [0.1, 0.15) is 23.6 Å². The van der Waals surface area contributed by atoms with Crippen LogP contribution in [-0.2, 0) is 7.05 Å². The number of aromatic nitrogens is 3. The lowest BCUT2D eigenvalue weighted by molar-refractivity contribution is 0.380. The summed E-state index contributed by atoms with van der Waals surface area (Å²) in [7, 11) is 3.63. The van der Waals surface area contributed by atoms with Crippen LogP contribution in [0, 0.1) is 6.92 Å². The molecular weight excluding hydrogens is 228 g/mol. The molecule has 18 heavy (non-hydrogen) atoms. The van der Waals surface area contributed by atoms with Gasteiger partial charge in [-0.1, -0.05) is 0 Å². The summed E-state index contributed by atoms with van der Waals surface area (Å²) in [5, 5.41) is 4.60. The second-order valence-corrected chi connectivity index (χ2v) is 4.88. The fourth-order valence-corrected chi connectivity index (χ4v) is 2.78. The van der Waals surface area contributed by atoms with Gasteiger partial charge in [0.15, 0.2) is 0 Å². The highest BCUT2D eigenvalue weighted by atomic mass is 16.5. The quantitative estimate of drug-likeness (QED) is 0.869. The summed E-state index contributed by atoms with van der Waals surface area (Å²) in [6.07, 6.45) is 3.37. The molecule has 2 aromatic rings. The Morgan fingerprint density at radius 3 is 2.94 bits per heavy atom. The topological polar surface area (TPSA) is 52.0 Å². The third-order valence-electron chi connectivity index (χ3n) is 3.69. The van der Waals surface area contributed by atoms with Crippen LogP contribution in [0.3, 0.4) is 0 Å². The molecule has 0 radical (unpaired) electrons. The Morgan fingerprint density at radius 1 is 1.44 bits per heavy atom. The minimum Gasteiger partial charge on any atom is -0.467 e. The Kier molecular flexibility index (Phi) is 2.70. The van der Waals surface area contributed by atoms with E-state index >= 15 is 0 Å². The van der Waals surface area contributed by atoms with Gasteiger partial charge in [0, 0.05) is 25.2 Å². The number of hydrogen-bond donors (Lipinski definition) is 1. The first kappa shape index (κ1) is 11.5. The second-order valence-electron chi connectivity index (χ2n) is 4.88. The molecule has 0 amide bonds. The number of rotatable bonds is 2. The molecule has 96 valence electrons. The number of fused-ring (bicyclic) bond motifs is 1. The van der Waals surface area contributed by atoms with Crippen LogP contribution in [0.5, 0.6) is 6.01 Å². The molecule has 0 aliphatic carbocycles. The van der Waals surface area contributed by atoms with Crippen molar-refractivity contribution in [1.29, 1.82) is 0 Å². The van der Waals surface area contributed by atoms with E-state index in [1.165, 1.54) is 17.4 Å². The van der Waals surface area contributed by atoms with Crippen LogP contribution in [0.25, 0.3) is 11.0 Å². The SMILES string of the molecule is COc1nc(C)c2c(C3CCNC3)cn(C)c2n1. The molecular formula is C13H18N4O. The summed E-state index contributed by atoms with van der Waals surface area (Å²) < 4.78 is 7.21. The van der Waals surface area contributed by atoms with Crippen LogP contribution >= 0.6 is 0 Å². The van der Waals surface area contributed by atoms with Gasteiger partial charge in [-0.2, -0.15) is 9.97 Å². The monoisotopic (exact) mass is 246 g/mol. The average Bonchev–Trinajstić information content (AvgIpc) is 2.97. The predicted molar refractivity (Wildman–Crippen MR) is 70.0 cm³/mol. The molecule has 3 rings (SSSR count). The molecule has 1 aliphatic heterocycles. The summed E-state index contributed by atoms with van der Waals surface area (Å²) in [4.78, 5) is 8.85. The molecule has 0 bridgehead atoms. The summed E-state index contributed by atoms with van der Waals surface area (Å²) in [6.45, 7) is 4.17. The standard InChI is InChI=1S/C13H18N4O/c1-8-11-10(9-4-5-14-6-9)7-17(2)12(11)16-13(15-8)18-3/h7,9,14H,4-6H2,1-3H3. The van der Waals surface area contributed by atoms with Gasteiger partial charge in [0.05, 0.1) is 12.8 Å². The van der Waals surface area contributed by atoms with Gasteiger partial charge >= 0.3 is 6.01 Å². The summed E-state index contributed by atoms with van der Waals surface area (Å²) in [5.74, 6) is 0.574. The van der Waals surface area contributed by atoms with E-state index in [-0.39, 0.29) is 0 Å². The number of ether oxygens (including phenoxy) is 1. The number of aryl methyl sites for hydroxylation is 2. The zero-order valence-corrected chi connectivity index (χ0v) is 11.0. The first-order valence-electron chi connectivity index (χ1n) is 6.29. The van der Waals surface area contributed by atoms with Crippen molar-refractivity contribution < 1.29 is 4.74 Å². The first-order chi connectivity index (χ1) is 8.70. The van der Waals surface area contributed by atoms with E-state index in [9.17, 15) is 0 Å². The lowest BCUT2D eigenvalue weighted by Gasteiger charge is -2.08. The molecule has 1 saturated heterocycles. The maximum Gasteiger partial charge on any atom is 0.318 e. The molecule has 0 aromatic carbocycles. The van der Waals surface area contributed by atoms with E-state index in [1.54, 1.807) is 7.11 Å². The minimum absolute atomic E-state index is 0.442. The van der Waals surface area contributed by atoms with Gasteiger partial charge in [0.25, 0.3) is 0 Å². The van der Waals surface area contributed by atoms with Crippen molar-refractivity contribution >= 4 is 11.0 Å². The van der Waals surface area contributed by atoms with Crippen molar-refractivity contribution in [1.82, 2.24) is 19.9 Å². The third kappa shape index (κ3) is 1.66. The number of nitrogens with zero attached hydrogens (tertiary/aromatic N) is 3. The Hall–Kier alpha value is -1.62. The van der Waals surface area contributed by atoms with Crippen LogP contribution in [0.15, 0.2) is 6.20 Å². The lowest BCUT2D eigenvalue weighted by atomic mass is 9.98. The van der Waals surface area contributed by atoms with E-state index < -0.39 is 0 Å². The van der Waals surface area contributed by atoms with Gasteiger partial charge in [-0.15, -0.1) is 0 Å². The predicted octanol–water partition coefficient (Wildman–Crippen LogP) is 1.36. The molecule has 5 heteroatoms. The van der Waals surface area contributed by atoms with Crippen LogP contribution in [0.4, 0.5) is 0 Å². The molecule has 1 aliphatic rings. The average molecular weight is 246 g/mol. The van der Waals surface area contributed by atoms with Crippen molar-refractivity contribution in [2.45, 2.75) is 19.3 Å². The zero-order valence-electron chi connectivity index (χ0n) is 11.0. The van der Waals surface area contributed by atoms with Gasteiger partial charge in [0.2, 0.25) is 0 Å². The molecule has 3 heterocycles. The summed E-state index contributed by atoms with van der Waals surface area (Å²) in [5.41, 5.74) is 3.32. The van der Waals surface area contributed by atoms with Crippen LogP contribution < -0.4 is 10.1 Å². The van der Waals surface area contributed by atoms with E-state index in [0.29, 0.717) is 11.9 Å². The van der Waals surface area contributed by atoms with Crippen molar-refractivity contribution in [3.05, 3.63) is 17.5 Å². The van der Waals surface area contributed by atoms with E-state index in [4.69, 9.17) is 4.74 Å². The molecule has 1 N–H and O–H groups in total. The van der Waals surface area contributed by atoms with E-state index in [0.717, 1.165) is 24.4 Å². The maximum absolute atomic E-state index is 5.14. The van der Waals surface area contributed by atoms with Crippen molar-refractivity contribution in [2.75, 3.05) is 20.2 Å². The maximum atomic E-state index is 5.14. The summed E-state index contributed by atoms with van der Waals surface area (Å²) >= 11 is 0. The van der Waals surface area contributed by atoms with Crippen LogP contribution in [0.2, 0.25) is 0 Å². The van der Waals surface area contributed by atoms with Gasteiger partial charge in [-0.3, -0.25) is 0 Å². The molecule has 5 nitrogen and oxygen atoms in total.